The van der Waals surface area contributed by atoms with Crippen molar-refractivity contribution in [2.75, 3.05) is 12.8 Å². The van der Waals surface area contributed by atoms with Crippen molar-refractivity contribution in [2.45, 2.75) is 25.5 Å². The van der Waals surface area contributed by atoms with E-state index in [-0.39, 0.29) is 24.4 Å². The third-order valence-corrected chi connectivity index (χ3v) is 7.29. The summed E-state index contributed by atoms with van der Waals surface area (Å²) in [5.74, 6) is -14.3. The number of benzene rings is 2. The topological polar surface area (TPSA) is 87.9 Å². The van der Waals surface area contributed by atoms with Gasteiger partial charge in [-0.1, -0.05) is 26.0 Å². The summed E-state index contributed by atoms with van der Waals surface area (Å²) in [5, 5.41) is -1.91. The average molecular weight is 479 g/mol. The first-order chi connectivity index (χ1) is 14.9. The molecule has 1 aliphatic rings. The fraction of sp³-hybridized carbons (Fsp3) is 0.350. The molecular weight excluding hydrogens is 460 g/mol. The second-order valence-corrected chi connectivity index (χ2v) is 10.3. The summed E-state index contributed by atoms with van der Waals surface area (Å²) in [4.78, 5) is 12.2. The van der Waals surface area contributed by atoms with Crippen molar-refractivity contribution in [3.63, 3.8) is 0 Å². The lowest BCUT2D eigenvalue weighted by Gasteiger charge is -2.16. The summed E-state index contributed by atoms with van der Waals surface area (Å²) in [6.07, 6.45) is 0.197. The Hall–Kier alpha value is -2.65. The van der Waals surface area contributed by atoms with E-state index in [4.69, 9.17) is 19.7 Å². The Bertz CT molecular complexity index is 1080. The van der Waals surface area contributed by atoms with Crippen LogP contribution in [0.4, 0.5) is 22.0 Å². The van der Waals surface area contributed by atoms with Gasteiger partial charge in [-0.15, -0.1) is 0 Å². The predicted molar refractivity (Wildman–Crippen MR) is 103 cm³/mol. The number of carbonyl (C=O) groups is 1. The zero-order valence-corrected chi connectivity index (χ0v) is 17.9. The second kappa shape index (κ2) is 8.71. The van der Waals surface area contributed by atoms with E-state index in [0.717, 1.165) is 6.07 Å². The highest BCUT2D eigenvalue weighted by molar-refractivity contribution is 7.70. The quantitative estimate of drug-likeness (QED) is 0.187. The lowest BCUT2D eigenvalue weighted by atomic mass is 10.1. The summed E-state index contributed by atoms with van der Waals surface area (Å²) >= 11 is 0. The minimum Gasteiger partial charge on any atom is -0.464 e. The van der Waals surface area contributed by atoms with E-state index in [9.17, 15) is 31.3 Å². The van der Waals surface area contributed by atoms with Gasteiger partial charge >= 0.3 is 5.97 Å². The van der Waals surface area contributed by atoms with Crippen LogP contribution in [0.5, 0.6) is 17.2 Å². The van der Waals surface area contributed by atoms with Gasteiger partial charge in [-0.3, -0.25) is 4.57 Å². The van der Waals surface area contributed by atoms with Crippen LogP contribution in [0.15, 0.2) is 24.3 Å². The van der Waals surface area contributed by atoms with Crippen molar-refractivity contribution in [3.05, 3.63) is 53.4 Å². The normalized spacial score (nSPS) is 22.0. The van der Waals surface area contributed by atoms with Crippen LogP contribution >= 0.6 is 7.37 Å². The van der Waals surface area contributed by atoms with Crippen LogP contribution in [0.1, 0.15) is 20.3 Å². The maximum atomic E-state index is 14.0. The first-order valence-electron chi connectivity index (χ1n) is 9.44. The minimum absolute atomic E-state index is 0.0649. The first kappa shape index (κ1) is 24.0. The van der Waals surface area contributed by atoms with Crippen molar-refractivity contribution in [1.82, 2.24) is 0 Å². The fourth-order valence-electron chi connectivity index (χ4n) is 2.66. The summed E-state index contributed by atoms with van der Waals surface area (Å²) in [7, 11) is -3.83. The highest BCUT2D eigenvalue weighted by Gasteiger charge is 2.72. The smallest absolute Gasteiger partial charge is 0.338 e. The highest BCUT2D eigenvalue weighted by atomic mass is 31.2. The molecule has 0 bridgehead atoms. The van der Waals surface area contributed by atoms with Crippen LogP contribution in [0, 0.1) is 35.0 Å². The van der Waals surface area contributed by atoms with Gasteiger partial charge in [0.1, 0.15) is 0 Å². The van der Waals surface area contributed by atoms with Crippen LogP contribution in [0.3, 0.4) is 0 Å². The molecule has 1 unspecified atom stereocenters. The Morgan fingerprint density at radius 3 is 2.12 bits per heavy atom. The molecule has 0 amide bonds. The molecule has 2 aromatic carbocycles. The molecule has 3 rings (SSSR count). The molecular formula is C20H19F5NO5P. The van der Waals surface area contributed by atoms with E-state index in [1.807, 2.05) is 13.8 Å². The van der Waals surface area contributed by atoms with Crippen molar-refractivity contribution in [3.8, 4) is 17.2 Å². The number of ether oxygens (including phenoxy) is 2. The van der Waals surface area contributed by atoms with Crippen LogP contribution in [-0.4, -0.2) is 24.0 Å². The van der Waals surface area contributed by atoms with Gasteiger partial charge < -0.3 is 19.7 Å². The van der Waals surface area contributed by atoms with Gasteiger partial charge in [0, 0.05) is 0 Å². The van der Waals surface area contributed by atoms with Crippen LogP contribution in [0.2, 0.25) is 0 Å². The predicted octanol–water partition coefficient (Wildman–Crippen LogP) is 5.09. The number of rotatable bonds is 8. The van der Waals surface area contributed by atoms with Gasteiger partial charge in [0.05, 0.1) is 12.8 Å². The number of hydrogen-bond acceptors (Lipinski definition) is 6. The average Bonchev–Trinajstić information content (AvgIpc) is 3.30. The van der Waals surface area contributed by atoms with Gasteiger partial charge in [0.25, 0.3) is 7.37 Å². The van der Waals surface area contributed by atoms with Crippen molar-refractivity contribution < 1.29 is 45.3 Å². The number of para-hydroxylation sites is 2. The molecule has 32 heavy (non-hydrogen) atoms. The molecule has 1 saturated heterocycles. The van der Waals surface area contributed by atoms with Crippen LogP contribution in [-0.2, 0) is 14.1 Å². The molecule has 0 saturated carbocycles. The molecule has 0 aromatic heterocycles. The molecule has 2 aromatic rings. The van der Waals surface area contributed by atoms with Gasteiger partial charge in [0.15, 0.2) is 11.5 Å². The standard InChI is InChI=1S/C20H19F5NO5P/c1-10(2)7-8-29-19(27)20(26)9-32(20,28)31-12-6-4-3-5-11(12)30-18-16(24)14(22)13(21)15(23)17(18)25/h3-6,10H,7-9,26H2,1-2H3/t20-,32?/m1/s1. The zero-order chi connectivity index (χ0) is 23.8. The second-order valence-electron chi connectivity index (χ2n) is 7.61. The van der Waals surface area contributed by atoms with E-state index < -0.39 is 59.2 Å². The summed E-state index contributed by atoms with van der Waals surface area (Å²) < 4.78 is 96.3. The Balaban J connectivity index is 1.82. The number of halogens is 5. The zero-order valence-electron chi connectivity index (χ0n) is 17.0. The van der Waals surface area contributed by atoms with Gasteiger partial charge in [-0.05, 0) is 24.5 Å². The first-order valence-corrected chi connectivity index (χ1v) is 11.3. The molecule has 0 radical (unpaired) electrons. The highest BCUT2D eigenvalue weighted by Crippen LogP contribution is 2.73. The monoisotopic (exact) mass is 479 g/mol. The number of esters is 1. The third-order valence-electron chi connectivity index (χ3n) is 4.71. The molecule has 0 spiro atoms. The summed E-state index contributed by atoms with van der Waals surface area (Å²) in [5.41, 5.74) is 5.88. The van der Waals surface area contributed by atoms with Crippen molar-refractivity contribution in [1.29, 1.82) is 0 Å². The Morgan fingerprint density at radius 1 is 1.03 bits per heavy atom. The Morgan fingerprint density at radius 2 is 1.56 bits per heavy atom. The van der Waals surface area contributed by atoms with E-state index in [0.29, 0.717) is 6.42 Å². The Kier molecular flexibility index (Phi) is 6.53. The molecule has 174 valence electrons. The van der Waals surface area contributed by atoms with E-state index in [2.05, 4.69) is 0 Å². The number of nitrogens with two attached hydrogens (primary N) is 1. The van der Waals surface area contributed by atoms with Crippen LogP contribution in [0.25, 0.3) is 0 Å². The molecule has 1 heterocycles. The Labute approximate surface area is 179 Å². The van der Waals surface area contributed by atoms with E-state index >= 15 is 0 Å². The van der Waals surface area contributed by atoms with Gasteiger partial charge in [-0.25, -0.2) is 18.0 Å². The molecule has 6 nitrogen and oxygen atoms in total. The SMILES string of the molecule is CC(C)CCOC(=O)[C@@]1(N)CP1(=O)Oc1ccccc1Oc1c(F)c(F)c(F)c(F)c1F. The maximum absolute atomic E-state index is 14.0. The molecule has 2 atom stereocenters. The number of carbonyl (C=O) groups excluding carboxylic acids is 1. The van der Waals surface area contributed by atoms with Crippen molar-refractivity contribution >= 4 is 13.3 Å². The van der Waals surface area contributed by atoms with Crippen LogP contribution < -0.4 is 15.0 Å². The lowest BCUT2D eigenvalue weighted by molar-refractivity contribution is -0.145. The largest absolute Gasteiger partial charge is 0.464 e. The van der Waals surface area contributed by atoms with Gasteiger partial charge in [-0.2, -0.15) is 8.78 Å². The van der Waals surface area contributed by atoms with Gasteiger partial charge in [0.2, 0.25) is 40.1 Å². The minimum atomic E-state index is -3.83. The molecule has 0 aliphatic carbocycles. The molecule has 12 heteroatoms. The molecule has 1 aliphatic heterocycles. The maximum Gasteiger partial charge on any atom is 0.338 e. The lowest BCUT2D eigenvalue weighted by Crippen LogP contribution is -2.36. The third kappa shape index (κ3) is 4.31. The molecule has 2 N–H and O–H groups in total. The fourth-order valence-corrected chi connectivity index (χ4v) is 4.74. The van der Waals surface area contributed by atoms with E-state index in [1.165, 1.54) is 18.2 Å². The number of hydrogen-bond donors (Lipinski definition) is 1. The van der Waals surface area contributed by atoms with E-state index in [1.54, 1.807) is 0 Å². The van der Waals surface area contributed by atoms with Crippen molar-refractivity contribution in [2.24, 2.45) is 11.7 Å². The summed E-state index contributed by atoms with van der Waals surface area (Å²) in [6.45, 7) is 3.90. The molecule has 1 fully saturated rings. The summed E-state index contributed by atoms with van der Waals surface area (Å²) in [6, 6.07) is 4.94.